The molecule has 0 aromatic carbocycles. The highest BCUT2D eigenvalue weighted by Gasteiger charge is 2.33. The summed E-state index contributed by atoms with van der Waals surface area (Å²) in [5, 5.41) is 0. The van der Waals surface area contributed by atoms with Gasteiger partial charge in [-0.05, 0) is 56.0 Å². The topological polar surface area (TPSA) is 33.2 Å². The minimum Gasteiger partial charge on any atom is -0.331 e. The highest BCUT2D eigenvalue weighted by molar-refractivity contribution is 7.14. The Labute approximate surface area is 123 Å². The zero-order valence-electron chi connectivity index (χ0n) is 11.8. The molecule has 1 fully saturated rings. The molecule has 4 heteroatoms. The summed E-state index contributed by atoms with van der Waals surface area (Å²) in [5.74, 6) is 0.172. The lowest BCUT2D eigenvalue weighted by molar-refractivity contribution is 0.0735. The molecule has 2 aromatic rings. The second-order valence-electron chi connectivity index (χ2n) is 5.37. The van der Waals surface area contributed by atoms with Gasteiger partial charge in [-0.2, -0.15) is 0 Å². The third-order valence-electron chi connectivity index (χ3n) is 3.73. The maximum absolute atomic E-state index is 12.7. The van der Waals surface area contributed by atoms with Crippen molar-refractivity contribution in [3.05, 3.63) is 51.5 Å². The van der Waals surface area contributed by atoms with Crippen molar-refractivity contribution >= 4 is 17.2 Å². The molecule has 0 saturated heterocycles. The monoisotopic (exact) mass is 286 g/mol. The van der Waals surface area contributed by atoms with Crippen molar-refractivity contribution < 1.29 is 4.79 Å². The van der Waals surface area contributed by atoms with Crippen molar-refractivity contribution in [1.82, 2.24) is 9.88 Å². The largest absolute Gasteiger partial charge is 0.331 e. The number of hydrogen-bond donors (Lipinski definition) is 0. The van der Waals surface area contributed by atoms with Gasteiger partial charge < -0.3 is 4.90 Å². The quantitative estimate of drug-likeness (QED) is 0.861. The van der Waals surface area contributed by atoms with Crippen molar-refractivity contribution in [2.24, 2.45) is 0 Å². The summed E-state index contributed by atoms with van der Waals surface area (Å²) in [4.78, 5) is 20.9. The van der Waals surface area contributed by atoms with Crippen LogP contribution in [0.3, 0.4) is 0 Å². The third-order valence-corrected chi connectivity index (χ3v) is 4.87. The number of amides is 1. The Kier molecular flexibility index (Phi) is 3.57. The van der Waals surface area contributed by atoms with E-state index in [0.717, 1.165) is 23.3 Å². The molecule has 0 aliphatic heterocycles. The number of thiophene rings is 1. The standard InChI is InChI=1S/C16H18N2OS/c1-11-9-15(20-12(11)2)16(19)18(14-3-4-14)10-13-5-7-17-8-6-13/h5-9,14H,3-4,10H2,1-2H3. The first kappa shape index (κ1) is 13.3. The Morgan fingerprint density at radius 2 is 2.05 bits per heavy atom. The Morgan fingerprint density at radius 3 is 2.60 bits per heavy atom. The summed E-state index contributed by atoms with van der Waals surface area (Å²) in [6.45, 7) is 4.82. The van der Waals surface area contributed by atoms with Crippen LogP contribution in [0, 0.1) is 13.8 Å². The van der Waals surface area contributed by atoms with Crippen LogP contribution in [0.25, 0.3) is 0 Å². The van der Waals surface area contributed by atoms with Crippen LogP contribution in [0.5, 0.6) is 0 Å². The van der Waals surface area contributed by atoms with E-state index in [-0.39, 0.29) is 5.91 Å². The lowest BCUT2D eigenvalue weighted by Crippen LogP contribution is -2.32. The lowest BCUT2D eigenvalue weighted by atomic mass is 10.2. The van der Waals surface area contributed by atoms with Crippen molar-refractivity contribution in [2.75, 3.05) is 0 Å². The lowest BCUT2D eigenvalue weighted by Gasteiger charge is -2.21. The molecular weight excluding hydrogens is 268 g/mol. The van der Waals surface area contributed by atoms with E-state index in [1.54, 1.807) is 23.7 Å². The smallest absolute Gasteiger partial charge is 0.264 e. The zero-order valence-corrected chi connectivity index (χ0v) is 12.6. The molecule has 3 rings (SSSR count). The second-order valence-corrected chi connectivity index (χ2v) is 6.63. The van der Waals surface area contributed by atoms with Crippen molar-refractivity contribution in [1.29, 1.82) is 0 Å². The van der Waals surface area contributed by atoms with Gasteiger partial charge in [-0.25, -0.2) is 0 Å². The van der Waals surface area contributed by atoms with Gasteiger partial charge in [0.15, 0.2) is 0 Å². The molecule has 1 saturated carbocycles. The summed E-state index contributed by atoms with van der Waals surface area (Å²) in [6, 6.07) is 6.39. The van der Waals surface area contributed by atoms with E-state index < -0.39 is 0 Å². The SMILES string of the molecule is Cc1cc(C(=O)N(Cc2ccncc2)C2CC2)sc1C. The first-order chi connectivity index (χ1) is 9.65. The third kappa shape index (κ3) is 2.75. The van der Waals surface area contributed by atoms with Crippen molar-refractivity contribution in [2.45, 2.75) is 39.3 Å². The number of nitrogens with zero attached hydrogens (tertiary/aromatic N) is 2. The average molecular weight is 286 g/mol. The van der Waals surface area contributed by atoms with Gasteiger partial charge >= 0.3 is 0 Å². The van der Waals surface area contributed by atoms with Crippen LogP contribution in [0.4, 0.5) is 0 Å². The molecule has 0 bridgehead atoms. The molecule has 20 heavy (non-hydrogen) atoms. The number of carbonyl (C=O) groups excluding carboxylic acids is 1. The Bertz CT molecular complexity index is 597. The van der Waals surface area contributed by atoms with Crippen LogP contribution < -0.4 is 0 Å². The number of carbonyl (C=O) groups is 1. The van der Waals surface area contributed by atoms with Gasteiger partial charge in [0.2, 0.25) is 0 Å². The molecule has 0 unspecified atom stereocenters. The Balaban J connectivity index is 1.82. The predicted octanol–water partition coefficient (Wildman–Crippen LogP) is 3.56. The van der Waals surface area contributed by atoms with Crippen molar-refractivity contribution in [3.8, 4) is 0 Å². The van der Waals surface area contributed by atoms with E-state index in [9.17, 15) is 4.79 Å². The summed E-state index contributed by atoms with van der Waals surface area (Å²) < 4.78 is 0. The van der Waals surface area contributed by atoms with E-state index in [1.807, 2.05) is 23.1 Å². The Hall–Kier alpha value is -1.68. The van der Waals surface area contributed by atoms with Crippen LogP contribution in [0.2, 0.25) is 0 Å². The number of rotatable bonds is 4. The second kappa shape index (κ2) is 5.37. The van der Waals surface area contributed by atoms with Gasteiger partial charge in [0.25, 0.3) is 5.91 Å². The molecule has 0 N–H and O–H groups in total. The van der Waals surface area contributed by atoms with E-state index >= 15 is 0 Å². The van der Waals surface area contributed by atoms with Crippen LogP contribution in [0.1, 0.15) is 38.5 Å². The molecule has 0 radical (unpaired) electrons. The fourth-order valence-electron chi connectivity index (χ4n) is 2.26. The van der Waals surface area contributed by atoms with Crippen LogP contribution in [-0.4, -0.2) is 21.8 Å². The molecular formula is C16H18N2OS. The fourth-order valence-corrected chi connectivity index (χ4v) is 3.25. The van der Waals surface area contributed by atoms with E-state index in [2.05, 4.69) is 18.8 Å². The molecule has 0 spiro atoms. The van der Waals surface area contributed by atoms with E-state index in [0.29, 0.717) is 12.6 Å². The van der Waals surface area contributed by atoms with Crippen LogP contribution in [0.15, 0.2) is 30.6 Å². The number of aryl methyl sites for hydroxylation is 2. The molecule has 2 heterocycles. The molecule has 3 nitrogen and oxygen atoms in total. The summed E-state index contributed by atoms with van der Waals surface area (Å²) in [5.41, 5.74) is 2.35. The molecule has 0 atom stereocenters. The van der Waals surface area contributed by atoms with Gasteiger partial charge in [0.1, 0.15) is 0 Å². The maximum Gasteiger partial charge on any atom is 0.264 e. The summed E-state index contributed by atoms with van der Waals surface area (Å²) in [7, 11) is 0. The summed E-state index contributed by atoms with van der Waals surface area (Å²) >= 11 is 1.60. The van der Waals surface area contributed by atoms with Gasteiger partial charge in [-0.15, -0.1) is 11.3 Å². The normalized spacial score (nSPS) is 14.3. The molecule has 104 valence electrons. The minimum absolute atomic E-state index is 0.172. The van der Waals surface area contributed by atoms with E-state index in [4.69, 9.17) is 0 Å². The predicted molar refractivity (Wildman–Crippen MR) is 80.9 cm³/mol. The number of pyridine rings is 1. The van der Waals surface area contributed by atoms with E-state index in [1.165, 1.54) is 10.4 Å². The molecule has 1 aliphatic carbocycles. The molecule has 1 aliphatic rings. The minimum atomic E-state index is 0.172. The fraction of sp³-hybridized carbons (Fsp3) is 0.375. The highest BCUT2D eigenvalue weighted by Crippen LogP contribution is 2.31. The molecule has 2 aromatic heterocycles. The number of hydrogen-bond acceptors (Lipinski definition) is 3. The average Bonchev–Trinajstić information content (AvgIpc) is 3.23. The zero-order chi connectivity index (χ0) is 14.1. The van der Waals surface area contributed by atoms with Gasteiger partial charge in [0, 0.05) is 29.9 Å². The van der Waals surface area contributed by atoms with Gasteiger partial charge in [-0.1, -0.05) is 0 Å². The highest BCUT2D eigenvalue weighted by atomic mass is 32.1. The summed E-state index contributed by atoms with van der Waals surface area (Å²) in [6.07, 6.45) is 5.81. The number of aromatic nitrogens is 1. The molecule has 1 amide bonds. The van der Waals surface area contributed by atoms with Crippen LogP contribution >= 0.6 is 11.3 Å². The van der Waals surface area contributed by atoms with Crippen molar-refractivity contribution in [3.63, 3.8) is 0 Å². The van der Waals surface area contributed by atoms with Gasteiger partial charge in [0.05, 0.1) is 4.88 Å². The first-order valence-electron chi connectivity index (χ1n) is 6.92. The van der Waals surface area contributed by atoms with Crippen LogP contribution in [-0.2, 0) is 6.54 Å². The Morgan fingerprint density at radius 1 is 1.35 bits per heavy atom. The van der Waals surface area contributed by atoms with Gasteiger partial charge in [-0.3, -0.25) is 9.78 Å². The first-order valence-corrected chi connectivity index (χ1v) is 7.73. The maximum atomic E-state index is 12.7.